The van der Waals surface area contributed by atoms with E-state index in [2.05, 4.69) is 12.1 Å². The maximum absolute atomic E-state index is 9.31. The first-order valence-electron chi connectivity index (χ1n) is 6.18. The van der Waals surface area contributed by atoms with Crippen LogP contribution in [0, 0.1) is 29.6 Å². The molecule has 0 aliphatic carbocycles. The van der Waals surface area contributed by atoms with E-state index in [-0.39, 0.29) is 5.92 Å². The lowest BCUT2D eigenvalue weighted by molar-refractivity contribution is 0.848. The Balaban J connectivity index is 2.17. The van der Waals surface area contributed by atoms with Crippen molar-refractivity contribution in [3.8, 4) is 12.1 Å². The van der Waals surface area contributed by atoms with E-state index in [0.29, 0.717) is 12.0 Å². The molecule has 0 bridgehead atoms. The molecule has 2 nitrogen and oxygen atoms in total. The zero-order valence-corrected chi connectivity index (χ0v) is 10.8. The van der Waals surface area contributed by atoms with Gasteiger partial charge in [0.25, 0.3) is 0 Å². The van der Waals surface area contributed by atoms with Gasteiger partial charge < -0.3 is 0 Å². The number of rotatable bonds is 3. The van der Waals surface area contributed by atoms with E-state index < -0.39 is 0 Å². The van der Waals surface area contributed by atoms with E-state index in [1.807, 2.05) is 43.3 Å². The molecule has 0 aliphatic rings. The summed E-state index contributed by atoms with van der Waals surface area (Å²) in [6.45, 7) is 2.03. The predicted octanol–water partition coefficient (Wildman–Crippen LogP) is 3.72. The molecule has 0 amide bonds. The van der Waals surface area contributed by atoms with Gasteiger partial charge in [-0.1, -0.05) is 42.0 Å². The lowest BCUT2D eigenvalue weighted by Gasteiger charge is -2.10. The quantitative estimate of drug-likeness (QED) is 0.828. The Labute approximate surface area is 113 Å². The van der Waals surface area contributed by atoms with E-state index in [1.54, 1.807) is 12.1 Å². The lowest BCUT2D eigenvalue weighted by Crippen LogP contribution is -2.00. The van der Waals surface area contributed by atoms with Gasteiger partial charge in [-0.2, -0.15) is 10.5 Å². The van der Waals surface area contributed by atoms with E-state index in [1.165, 1.54) is 5.56 Å². The molecule has 1 unspecified atom stereocenters. The summed E-state index contributed by atoms with van der Waals surface area (Å²) in [7, 11) is 0. The van der Waals surface area contributed by atoms with E-state index in [0.717, 1.165) is 11.1 Å². The number of aryl methyl sites for hydroxylation is 1. The van der Waals surface area contributed by atoms with Crippen LogP contribution in [-0.2, 0) is 6.42 Å². The standard InChI is InChI=1S/C17H14N2/c1-13-2-8-16(9-3-13)17(12-19)10-14-4-6-15(11-18)7-5-14/h2-9,17H,10H2,1H3. The molecule has 2 aromatic rings. The number of hydrogen-bond acceptors (Lipinski definition) is 2. The SMILES string of the molecule is Cc1ccc(C(C#N)Cc2ccc(C#N)cc2)cc1. The van der Waals surface area contributed by atoms with Gasteiger partial charge in [-0.25, -0.2) is 0 Å². The van der Waals surface area contributed by atoms with Crippen LogP contribution in [0.25, 0.3) is 0 Å². The Morgan fingerprint density at radius 3 is 2.11 bits per heavy atom. The lowest BCUT2D eigenvalue weighted by atomic mass is 9.92. The molecule has 19 heavy (non-hydrogen) atoms. The fraction of sp³-hybridized carbons (Fsp3) is 0.176. The van der Waals surface area contributed by atoms with Crippen molar-refractivity contribution in [2.75, 3.05) is 0 Å². The number of nitriles is 2. The molecule has 0 heterocycles. The molecule has 0 saturated carbocycles. The van der Waals surface area contributed by atoms with Gasteiger partial charge in [0, 0.05) is 0 Å². The van der Waals surface area contributed by atoms with Crippen molar-refractivity contribution in [1.82, 2.24) is 0 Å². The molecule has 92 valence electrons. The summed E-state index contributed by atoms with van der Waals surface area (Å²) < 4.78 is 0. The van der Waals surface area contributed by atoms with Crippen LogP contribution in [0.1, 0.15) is 28.2 Å². The highest BCUT2D eigenvalue weighted by molar-refractivity contribution is 5.35. The Hall–Kier alpha value is -2.58. The molecule has 0 spiro atoms. The van der Waals surface area contributed by atoms with Crippen molar-refractivity contribution in [1.29, 1.82) is 10.5 Å². The Morgan fingerprint density at radius 2 is 1.58 bits per heavy atom. The van der Waals surface area contributed by atoms with Crippen LogP contribution >= 0.6 is 0 Å². The zero-order valence-electron chi connectivity index (χ0n) is 10.8. The topological polar surface area (TPSA) is 47.6 Å². The van der Waals surface area contributed by atoms with Gasteiger partial charge >= 0.3 is 0 Å². The molecule has 2 heteroatoms. The van der Waals surface area contributed by atoms with Gasteiger partial charge in [-0.15, -0.1) is 0 Å². The summed E-state index contributed by atoms with van der Waals surface area (Å²) in [5.41, 5.74) is 3.95. The van der Waals surface area contributed by atoms with Crippen molar-refractivity contribution >= 4 is 0 Å². The first-order chi connectivity index (χ1) is 9.22. The highest BCUT2D eigenvalue weighted by Crippen LogP contribution is 2.21. The maximum atomic E-state index is 9.31. The minimum Gasteiger partial charge on any atom is -0.198 e. The third-order valence-electron chi connectivity index (χ3n) is 3.16. The molecular weight excluding hydrogens is 232 g/mol. The largest absolute Gasteiger partial charge is 0.198 e. The fourth-order valence-electron chi connectivity index (χ4n) is 1.99. The highest BCUT2D eigenvalue weighted by atomic mass is 14.3. The van der Waals surface area contributed by atoms with Crippen molar-refractivity contribution in [3.05, 3.63) is 70.8 Å². The van der Waals surface area contributed by atoms with Gasteiger partial charge in [0.15, 0.2) is 0 Å². The molecule has 1 atom stereocenters. The molecule has 2 rings (SSSR count). The van der Waals surface area contributed by atoms with Gasteiger partial charge in [-0.05, 0) is 36.6 Å². The number of nitrogens with zero attached hydrogens (tertiary/aromatic N) is 2. The third-order valence-corrected chi connectivity index (χ3v) is 3.16. The van der Waals surface area contributed by atoms with E-state index in [4.69, 9.17) is 5.26 Å². The molecule has 0 aliphatic heterocycles. The Kier molecular flexibility index (Phi) is 3.96. The normalized spacial score (nSPS) is 11.3. The van der Waals surface area contributed by atoms with Gasteiger partial charge in [-0.3, -0.25) is 0 Å². The molecule has 2 aromatic carbocycles. The van der Waals surface area contributed by atoms with Gasteiger partial charge in [0.05, 0.1) is 23.6 Å². The average Bonchev–Trinajstić information content (AvgIpc) is 2.46. The molecule has 0 N–H and O–H groups in total. The van der Waals surface area contributed by atoms with Crippen LogP contribution in [-0.4, -0.2) is 0 Å². The monoisotopic (exact) mass is 246 g/mol. The highest BCUT2D eigenvalue weighted by Gasteiger charge is 2.11. The minimum atomic E-state index is -0.145. The van der Waals surface area contributed by atoms with Crippen molar-refractivity contribution in [2.45, 2.75) is 19.3 Å². The van der Waals surface area contributed by atoms with Crippen LogP contribution in [0.15, 0.2) is 48.5 Å². The number of benzene rings is 2. The van der Waals surface area contributed by atoms with Crippen molar-refractivity contribution < 1.29 is 0 Å². The summed E-state index contributed by atoms with van der Waals surface area (Å²) in [5, 5.41) is 18.1. The summed E-state index contributed by atoms with van der Waals surface area (Å²) in [4.78, 5) is 0. The van der Waals surface area contributed by atoms with Gasteiger partial charge in [0.1, 0.15) is 0 Å². The summed E-state index contributed by atoms with van der Waals surface area (Å²) in [6.07, 6.45) is 0.672. The summed E-state index contributed by atoms with van der Waals surface area (Å²) in [5.74, 6) is -0.145. The van der Waals surface area contributed by atoms with Crippen LogP contribution in [0.2, 0.25) is 0 Å². The summed E-state index contributed by atoms with van der Waals surface area (Å²) in [6, 6.07) is 19.9. The first-order valence-corrected chi connectivity index (χ1v) is 6.18. The first kappa shape index (κ1) is 12.9. The van der Waals surface area contributed by atoms with E-state index >= 15 is 0 Å². The smallest absolute Gasteiger partial charge is 0.0991 e. The third kappa shape index (κ3) is 3.21. The Bertz CT molecular complexity index is 625. The second kappa shape index (κ2) is 5.85. The molecule has 0 aromatic heterocycles. The molecule has 0 fully saturated rings. The fourth-order valence-corrected chi connectivity index (χ4v) is 1.99. The molecule has 0 radical (unpaired) electrons. The van der Waals surface area contributed by atoms with Gasteiger partial charge in [0.2, 0.25) is 0 Å². The van der Waals surface area contributed by atoms with E-state index in [9.17, 15) is 5.26 Å². The van der Waals surface area contributed by atoms with Crippen LogP contribution < -0.4 is 0 Å². The minimum absolute atomic E-state index is 0.145. The second-order valence-corrected chi connectivity index (χ2v) is 4.61. The van der Waals surface area contributed by atoms with Crippen molar-refractivity contribution in [2.24, 2.45) is 0 Å². The maximum Gasteiger partial charge on any atom is 0.0991 e. The Morgan fingerprint density at radius 1 is 0.947 bits per heavy atom. The number of hydrogen-bond donors (Lipinski definition) is 0. The molecule has 0 saturated heterocycles. The summed E-state index contributed by atoms with van der Waals surface area (Å²) >= 11 is 0. The molecular formula is C17H14N2. The second-order valence-electron chi connectivity index (χ2n) is 4.61. The van der Waals surface area contributed by atoms with Crippen LogP contribution in [0.5, 0.6) is 0 Å². The average molecular weight is 246 g/mol. The van der Waals surface area contributed by atoms with Crippen molar-refractivity contribution in [3.63, 3.8) is 0 Å². The van der Waals surface area contributed by atoms with Crippen LogP contribution in [0.3, 0.4) is 0 Å². The zero-order chi connectivity index (χ0) is 13.7. The van der Waals surface area contributed by atoms with Crippen LogP contribution in [0.4, 0.5) is 0 Å². The predicted molar refractivity (Wildman–Crippen MR) is 74.4 cm³/mol.